The van der Waals surface area contributed by atoms with Crippen molar-refractivity contribution in [1.29, 1.82) is 0 Å². The molecule has 1 N–H and O–H groups in total. The van der Waals surface area contributed by atoms with Gasteiger partial charge in [0.15, 0.2) is 11.6 Å². The van der Waals surface area contributed by atoms with Gasteiger partial charge in [0.25, 0.3) is 0 Å². The number of ether oxygens (including phenoxy) is 2. The zero-order valence-corrected chi connectivity index (χ0v) is 18.7. The van der Waals surface area contributed by atoms with E-state index in [-0.39, 0.29) is 16.9 Å². The molecule has 0 radical (unpaired) electrons. The first-order valence-corrected chi connectivity index (χ1v) is 11.6. The Morgan fingerprint density at radius 1 is 1.15 bits per heavy atom. The molecule has 1 aliphatic carbocycles. The molecule has 2 saturated heterocycles. The highest BCUT2D eigenvalue weighted by atomic mass is 19.2. The van der Waals surface area contributed by atoms with Crippen molar-refractivity contribution in [2.24, 2.45) is 11.8 Å². The van der Waals surface area contributed by atoms with Crippen LogP contribution >= 0.6 is 0 Å². The summed E-state index contributed by atoms with van der Waals surface area (Å²) in [6.07, 6.45) is 4.18. The van der Waals surface area contributed by atoms with Crippen molar-refractivity contribution >= 4 is 5.82 Å². The molecule has 2 aromatic rings. The third-order valence-corrected chi connectivity index (χ3v) is 7.34. The zero-order valence-electron chi connectivity index (χ0n) is 18.7. The molecule has 0 amide bonds. The molecule has 1 unspecified atom stereocenters. The minimum atomic E-state index is -1.24. The number of hydrogen-bond donors (Lipinski definition) is 1. The third kappa shape index (κ3) is 4.72. The summed E-state index contributed by atoms with van der Waals surface area (Å²) >= 11 is 0. The molecule has 178 valence electrons. The number of fused-ring (bicyclic) bond motifs is 1. The van der Waals surface area contributed by atoms with Gasteiger partial charge in [0.2, 0.25) is 0 Å². The van der Waals surface area contributed by atoms with E-state index < -0.39 is 17.5 Å². The summed E-state index contributed by atoms with van der Waals surface area (Å²) in [7, 11) is 1.79. The first-order valence-electron chi connectivity index (χ1n) is 11.6. The molecule has 2 aliphatic heterocycles. The molecular weight excluding hydrogens is 433 g/mol. The maximum absolute atomic E-state index is 14.0. The molecule has 9 heteroatoms. The average Bonchev–Trinajstić information content (AvgIpc) is 3.35. The normalized spacial score (nSPS) is 29.9. The fraction of sp³-hybridized carbons (Fsp3) is 0.583. The van der Waals surface area contributed by atoms with Gasteiger partial charge in [0.1, 0.15) is 17.2 Å². The van der Waals surface area contributed by atoms with Crippen LogP contribution in [0, 0.1) is 29.3 Å². The second kappa shape index (κ2) is 9.19. The number of hydrogen-bond acceptors (Lipinski definition) is 6. The Labute approximate surface area is 191 Å². The third-order valence-electron chi connectivity index (χ3n) is 7.34. The fourth-order valence-corrected chi connectivity index (χ4v) is 5.73. The van der Waals surface area contributed by atoms with E-state index in [1.165, 1.54) is 6.07 Å². The molecular formula is C24H29F3N4O2. The van der Waals surface area contributed by atoms with Crippen molar-refractivity contribution in [2.75, 3.05) is 45.3 Å². The number of halogens is 3. The number of benzene rings is 1. The number of aromatic nitrogens is 2. The van der Waals surface area contributed by atoms with E-state index >= 15 is 0 Å². The SMILES string of the molecule is COC1(CN2C[C@H]3C[C@H](Nc4ccc(-c5cc(F)cc(F)c5F)nn4)C[C@H]3C2)CCCOC1. The molecule has 6 nitrogen and oxygen atoms in total. The Morgan fingerprint density at radius 2 is 1.94 bits per heavy atom. The first-order chi connectivity index (χ1) is 15.9. The van der Waals surface area contributed by atoms with Crippen molar-refractivity contribution in [3.05, 3.63) is 41.7 Å². The van der Waals surface area contributed by atoms with Gasteiger partial charge >= 0.3 is 0 Å². The molecule has 33 heavy (non-hydrogen) atoms. The molecule has 0 bridgehead atoms. The number of nitrogens with zero attached hydrogens (tertiary/aromatic N) is 3. The van der Waals surface area contributed by atoms with Crippen molar-refractivity contribution in [1.82, 2.24) is 15.1 Å². The largest absolute Gasteiger partial charge is 0.378 e. The Bertz CT molecular complexity index is 970. The average molecular weight is 463 g/mol. The van der Waals surface area contributed by atoms with Gasteiger partial charge in [-0.3, -0.25) is 4.90 Å². The second-order valence-corrected chi connectivity index (χ2v) is 9.62. The van der Waals surface area contributed by atoms with E-state index in [1.807, 2.05) is 0 Å². The molecule has 4 atom stereocenters. The van der Waals surface area contributed by atoms with Gasteiger partial charge in [-0.1, -0.05) is 0 Å². The van der Waals surface area contributed by atoms with Crippen LogP contribution in [0.25, 0.3) is 11.3 Å². The van der Waals surface area contributed by atoms with Gasteiger partial charge in [-0.2, -0.15) is 0 Å². The van der Waals surface area contributed by atoms with E-state index in [0.717, 1.165) is 58.0 Å². The molecule has 3 heterocycles. The van der Waals surface area contributed by atoms with Gasteiger partial charge in [-0.25, -0.2) is 13.2 Å². The van der Waals surface area contributed by atoms with E-state index in [1.54, 1.807) is 13.2 Å². The van der Waals surface area contributed by atoms with E-state index in [4.69, 9.17) is 9.47 Å². The minimum Gasteiger partial charge on any atom is -0.378 e. The molecule has 1 aromatic heterocycles. The Balaban J connectivity index is 1.16. The molecule has 3 aliphatic rings. The van der Waals surface area contributed by atoms with Gasteiger partial charge in [-0.15, -0.1) is 10.2 Å². The number of anilines is 1. The quantitative estimate of drug-likeness (QED) is 0.658. The Kier molecular flexibility index (Phi) is 6.28. The van der Waals surface area contributed by atoms with Crippen LogP contribution in [0.4, 0.5) is 19.0 Å². The van der Waals surface area contributed by atoms with E-state index in [0.29, 0.717) is 36.4 Å². The number of methoxy groups -OCH3 is 1. The summed E-state index contributed by atoms with van der Waals surface area (Å²) in [4.78, 5) is 2.52. The first kappa shape index (κ1) is 22.6. The van der Waals surface area contributed by atoms with Gasteiger partial charge in [0, 0.05) is 51.0 Å². The molecule has 3 fully saturated rings. The predicted octanol–water partition coefficient (Wildman–Crippen LogP) is 3.88. The summed E-state index contributed by atoms with van der Waals surface area (Å²) in [6, 6.07) is 4.93. The van der Waals surface area contributed by atoms with Crippen LogP contribution in [0.15, 0.2) is 24.3 Å². The Hall–Kier alpha value is -2.23. The lowest BCUT2D eigenvalue weighted by molar-refractivity contribution is -0.121. The summed E-state index contributed by atoms with van der Waals surface area (Å²) in [5.74, 6) is -1.40. The van der Waals surface area contributed by atoms with Crippen LogP contribution in [0.1, 0.15) is 25.7 Å². The lowest BCUT2D eigenvalue weighted by Gasteiger charge is -2.38. The van der Waals surface area contributed by atoms with Crippen LogP contribution in [-0.2, 0) is 9.47 Å². The molecule has 1 aromatic carbocycles. The van der Waals surface area contributed by atoms with Crippen LogP contribution in [0.3, 0.4) is 0 Å². The topological polar surface area (TPSA) is 59.5 Å². The molecule has 5 rings (SSSR count). The van der Waals surface area contributed by atoms with Gasteiger partial charge in [-0.05, 0) is 55.7 Å². The standard InChI is InChI=1S/C24H29F3N4O2/c1-32-24(5-2-6-33-14-24)13-31-11-15-7-18(8-16(15)12-31)28-22-4-3-21(29-30-22)19-9-17(25)10-20(26)23(19)27/h3-4,9-10,15-16,18H,2,5-8,11-14H2,1H3,(H,28,30)/t15-,16+,18+,24?. The Morgan fingerprint density at radius 3 is 2.58 bits per heavy atom. The van der Waals surface area contributed by atoms with Crippen LogP contribution in [-0.4, -0.2) is 66.7 Å². The highest BCUT2D eigenvalue weighted by Gasteiger charge is 2.44. The van der Waals surface area contributed by atoms with Gasteiger partial charge < -0.3 is 14.8 Å². The van der Waals surface area contributed by atoms with Crippen molar-refractivity contribution in [3.63, 3.8) is 0 Å². The molecule has 0 spiro atoms. The van der Waals surface area contributed by atoms with Crippen LogP contribution in [0.2, 0.25) is 0 Å². The zero-order chi connectivity index (χ0) is 23.0. The highest BCUT2D eigenvalue weighted by Crippen LogP contribution is 2.40. The summed E-state index contributed by atoms with van der Waals surface area (Å²) in [5, 5.41) is 11.5. The lowest BCUT2D eigenvalue weighted by atomic mass is 9.95. The summed E-state index contributed by atoms with van der Waals surface area (Å²) in [5.41, 5.74) is -0.330. The monoisotopic (exact) mass is 462 g/mol. The van der Waals surface area contributed by atoms with Crippen molar-refractivity contribution in [3.8, 4) is 11.3 Å². The second-order valence-electron chi connectivity index (χ2n) is 9.62. The lowest BCUT2D eigenvalue weighted by Crippen LogP contribution is -2.49. The number of nitrogens with one attached hydrogen (secondary N) is 1. The molecule has 1 saturated carbocycles. The van der Waals surface area contributed by atoms with E-state index in [2.05, 4.69) is 20.4 Å². The van der Waals surface area contributed by atoms with Crippen molar-refractivity contribution < 1.29 is 22.6 Å². The predicted molar refractivity (Wildman–Crippen MR) is 117 cm³/mol. The number of rotatable bonds is 6. The van der Waals surface area contributed by atoms with Crippen LogP contribution < -0.4 is 5.32 Å². The van der Waals surface area contributed by atoms with Crippen LogP contribution in [0.5, 0.6) is 0 Å². The highest BCUT2D eigenvalue weighted by molar-refractivity contribution is 5.60. The maximum atomic E-state index is 14.0. The van der Waals surface area contributed by atoms with Crippen molar-refractivity contribution in [2.45, 2.75) is 37.3 Å². The fourth-order valence-electron chi connectivity index (χ4n) is 5.73. The number of likely N-dealkylation sites (tertiary alicyclic amines) is 1. The van der Waals surface area contributed by atoms with Gasteiger partial charge in [0.05, 0.1) is 12.3 Å². The smallest absolute Gasteiger partial charge is 0.168 e. The van der Waals surface area contributed by atoms with E-state index in [9.17, 15) is 13.2 Å². The summed E-state index contributed by atoms with van der Waals surface area (Å²) in [6.45, 7) is 4.52. The maximum Gasteiger partial charge on any atom is 0.168 e. The minimum absolute atomic E-state index is 0.0918. The summed E-state index contributed by atoms with van der Waals surface area (Å²) < 4.78 is 52.5.